The van der Waals surface area contributed by atoms with Crippen molar-refractivity contribution in [1.82, 2.24) is 4.90 Å². The fraction of sp³-hybridized carbons (Fsp3) is 0.500. The number of aliphatic hydroxyl groups excluding tert-OH is 1. The fourth-order valence-corrected chi connectivity index (χ4v) is 2.22. The molecule has 0 aromatic heterocycles. The number of β-amino-alcohol motifs (C(OH)–C–C–N with tert-alkyl or cyclic N) is 1. The molecule has 1 aliphatic rings. The lowest BCUT2D eigenvalue weighted by atomic mass is 10.1. The summed E-state index contributed by atoms with van der Waals surface area (Å²) in [5, 5.41) is 18.3. The van der Waals surface area contributed by atoms with Crippen LogP contribution in [0.3, 0.4) is 0 Å². The van der Waals surface area contributed by atoms with E-state index in [4.69, 9.17) is 9.84 Å². The zero-order valence-electron chi connectivity index (χ0n) is 10.8. The summed E-state index contributed by atoms with van der Waals surface area (Å²) in [6.07, 6.45) is 1.69. The minimum atomic E-state index is -0.936. The first-order chi connectivity index (χ1) is 9.15. The summed E-state index contributed by atoms with van der Waals surface area (Å²) in [6.45, 7) is 3.02. The normalized spacial score (nSPS) is 20.2. The molecule has 1 fully saturated rings. The summed E-state index contributed by atoms with van der Waals surface area (Å²) in [4.78, 5) is 12.9. The SMILES string of the molecule is O=C(O)c1ccc(OCCN2CCCC(O)C2)cc1. The molecule has 5 nitrogen and oxygen atoms in total. The molecule has 1 aromatic rings. The second-order valence-electron chi connectivity index (χ2n) is 4.77. The third-order valence-electron chi connectivity index (χ3n) is 3.26. The van der Waals surface area contributed by atoms with E-state index in [1.165, 1.54) is 12.1 Å². The number of rotatable bonds is 5. The van der Waals surface area contributed by atoms with Gasteiger partial charge in [-0.15, -0.1) is 0 Å². The molecule has 1 aromatic carbocycles. The second-order valence-corrected chi connectivity index (χ2v) is 4.77. The topological polar surface area (TPSA) is 70.0 Å². The highest BCUT2D eigenvalue weighted by molar-refractivity contribution is 5.87. The molecule has 1 saturated heterocycles. The van der Waals surface area contributed by atoms with Gasteiger partial charge in [0.15, 0.2) is 0 Å². The minimum absolute atomic E-state index is 0.219. The summed E-state index contributed by atoms with van der Waals surface area (Å²) >= 11 is 0. The molecule has 0 spiro atoms. The van der Waals surface area contributed by atoms with Crippen molar-refractivity contribution in [2.75, 3.05) is 26.2 Å². The molecule has 1 heterocycles. The highest BCUT2D eigenvalue weighted by atomic mass is 16.5. The number of benzene rings is 1. The van der Waals surface area contributed by atoms with Crippen molar-refractivity contribution in [1.29, 1.82) is 0 Å². The number of hydrogen-bond donors (Lipinski definition) is 2. The van der Waals surface area contributed by atoms with Crippen molar-refractivity contribution in [3.63, 3.8) is 0 Å². The predicted molar refractivity (Wildman–Crippen MR) is 70.6 cm³/mol. The lowest BCUT2D eigenvalue weighted by molar-refractivity contribution is 0.0633. The van der Waals surface area contributed by atoms with Crippen LogP contribution in [-0.4, -0.2) is 53.4 Å². The van der Waals surface area contributed by atoms with E-state index in [1.807, 2.05) is 0 Å². The minimum Gasteiger partial charge on any atom is -0.492 e. The Morgan fingerprint density at radius 2 is 2.11 bits per heavy atom. The number of hydrogen-bond acceptors (Lipinski definition) is 4. The smallest absolute Gasteiger partial charge is 0.335 e. The van der Waals surface area contributed by atoms with Gasteiger partial charge in [0, 0.05) is 13.1 Å². The molecule has 19 heavy (non-hydrogen) atoms. The number of ether oxygens (including phenoxy) is 1. The van der Waals surface area contributed by atoms with Crippen molar-refractivity contribution < 1.29 is 19.7 Å². The lowest BCUT2D eigenvalue weighted by Crippen LogP contribution is -2.40. The van der Waals surface area contributed by atoms with Gasteiger partial charge in [0.1, 0.15) is 12.4 Å². The quantitative estimate of drug-likeness (QED) is 0.837. The third-order valence-corrected chi connectivity index (χ3v) is 3.26. The van der Waals surface area contributed by atoms with Crippen LogP contribution in [0.1, 0.15) is 23.2 Å². The first kappa shape index (κ1) is 13.8. The van der Waals surface area contributed by atoms with E-state index < -0.39 is 5.97 Å². The van der Waals surface area contributed by atoms with Crippen LogP contribution in [0, 0.1) is 0 Å². The molecule has 0 radical (unpaired) electrons. The molecule has 5 heteroatoms. The molecule has 0 aliphatic carbocycles. The highest BCUT2D eigenvalue weighted by Gasteiger charge is 2.16. The van der Waals surface area contributed by atoms with Crippen molar-refractivity contribution in [3.8, 4) is 5.75 Å². The van der Waals surface area contributed by atoms with Crippen LogP contribution in [-0.2, 0) is 0 Å². The summed E-state index contributed by atoms with van der Waals surface area (Å²) in [5.74, 6) is -0.267. The van der Waals surface area contributed by atoms with Crippen molar-refractivity contribution >= 4 is 5.97 Å². The summed E-state index contributed by atoms with van der Waals surface area (Å²) < 4.78 is 5.56. The monoisotopic (exact) mass is 265 g/mol. The zero-order chi connectivity index (χ0) is 13.7. The van der Waals surface area contributed by atoms with Crippen LogP contribution in [0.15, 0.2) is 24.3 Å². The van der Waals surface area contributed by atoms with E-state index in [1.54, 1.807) is 12.1 Å². The molecule has 2 N–H and O–H groups in total. The van der Waals surface area contributed by atoms with Crippen LogP contribution >= 0.6 is 0 Å². The van der Waals surface area contributed by atoms with E-state index in [9.17, 15) is 9.90 Å². The van der Waals surface area contributed by atoms with Gasteiger partial charge in [0.25, 0.3) is 0 Å². The van der Waals surface area contributed by atoms with Crippen LogP contribution in [0.2, 0.25) is 0 Å². The average molecular weight is 265 g/mol. The lowest BCUT2D eigenvalue weighted by Gasteiger charge is -2.29. The van der Waals surface area contributed by atoms with E-state index in [2.05, 4.69) is 4.90 Å². The first-order valence-corrected chi connectivity index (χ1v) is 6.52. The number of aliphatic hydroxyl groups is 1. The molecular weight excluding hydrogens is 246 g/mol. The van der Waals surface area contributed by atoms with Gasteiger partial charge in [-0.1, -0.05) is 0 Å². The third kappa shape index (κ3) is 4.22. The van der Waals surface area contributed by atoms with Gasteiger partial charge >= 0.3 is 5.97 Å². The molecule has 0 amide bonds. The maximum Gasteiger partial charge on any atom is 0.335 e. The molecule has 0 bridgehead atoms. The van der Waals surface area contributed by atoms with Gasteiger partial charge in [-0.05, 0) is 43.7 Å². The number of carbonyl (C=O) groups is 1. The van der Waals surface area contributed by atoms with Crippen molar-refractivity contribution in [3.05, 3.63) is 29.8 Å². The van der Waals surface area contributed by atoms with Crippen molar-refractivity contribution in [2.24, 2.45) is 0 Å². The summed E-state index contributed by atoms with van der Waals surface area (Å²) in [7, 11) is 0. The van der Waals surface area contributed by atoms with Gasteiger partial charge < -0.3 is 14.9 Å². The van der Waals surface area contributed by atoms with Crippen LogP contribution in [0.4, 0.5) is 0 Å². The molecule has 1 unspecified atom stereocenters. The Morgan fingerprint density at radius 1 is 1.37 bits per heavy atom. The van der Waals surface area contributed by atoms with Gasteiger partial charge in [0.05, 0.1) is 11.7 Å². The number of aromatic carboxylic acids is 1. The molecular formula is C14H19NO4. The Hall–Kier alpha value is -1.59. The predicted octanol–water partition coefficient (Wildman–Crippen LogP) is 1.22. The highest BCUT2D eigenvalue weighted by Crippen LogP contribution is 2.13. The number of carboxylic acid groups (broad SMARTS) is 1. The van der Waals surface area contributed by atoms with E-state index in [0.29, 0.717) is 18.9 Å². The summed E-state index contributed by atoms with van der Waals surface area (Å²) in [6, 6.07) is 6.38. The first-order valence-electron chi connectivity index (χ1n) is 6.52. The van der Waals surface area contributed by atoms with E-state index in [0.717, 1.165) is 25.9 Å². The number of nitrogens with zero attached hydrogens (tertiary/aromatic N) is 1. The molecule has 1 atom stereocenters. The molecule has 0 saturated carbocycles. The molecule has 1 aliphatic heterocycles. The largest absolute Gasteiger partial charge is 0.492 e. The van der Waals surface area contributed by atoms with Gasteiger partial charge in [-0.3, -0.25) is 4.90 Å². The summed E-state index contributed by atoms with van der Waals surface area (Å²) in [5.41, 5.74) is 0.256. The van der Waals surface area contributed by atoms with Crippen molar-refractivity contribution in [2.45, 2.75) is 18.9 Å². The maximum atomic E-state index is 10.7. The van der Waals surface area contributed by atoms with Crippen LogP contribution < -0.4 is 4.74 Å². The van der Waals surface area contributed by atoms with Crippen LogP contribution in [0.5, 0.6) is 5.75 Å². The average Bonchev–Trinajstić information content (AvgIpc) is 2.39. The Morgan fingerprint density at radius 3 is 2.74 bits per heavy atom. The van der Waals surface area contributed by atoms with E-state index >= 15 is 0 Å². The standard InChI is InChI=1S/C14H19NO4/c16-12-2-1-7-15(10-12)8-9-19-13-5-3-11(4-6-13)14(17)18/h3-6,12,16H,1-2,7-10H2,(H,17,18). The molecule has 104 valence electrons. The Kier molecular flexibility index (Phi) is 4.76. The van der Waals surface area contributed by atoms with E-state index in [-0.39, 0.29) is 11.7 Å². The Labute approximate surface area is 112 Å². The van der Waals surface area contributed by atoms with Gasteiger partial charge in [-0.25, -0.2) is 4.79 Å². The maximum absolute atomic E-state index is 10.7. The number of piperidine rings is 1. The number of carboxylic acids is 1. The molecule has 2 rings (SSSR count). The Bertz CT molecular complexity index is 418. The fourth-order valence-electron chi connectivity index (χ4n) is 2.22. The Balaban J connectivity index is 1.74. The van der Waals surface area contributed by atoms with Gasteiger partial charge in [0.2, 0.25) is 0 Å². The van der Waals surface area contributed by atoms with Crippen LogP contribution in [0.25, 0.3) is 0 Å². The van der Waals surface area contributed by atoms with Gasteiger partial charge in [-0.2, -0.15) is 0 Å². The zero-order valence-corrected chi connectivity index (χ0v) is 10.8. The second kappa shape index (κ2) is 6.54. The number of likely N-dealkylation sites (tertiary alicyclic amines) is 1.